The van der Waals surface area contributed by atoms with Crippen molar-refractivity contribution in [3.63, 3.8) is 0 Å². The van der Waals surface area contributed by atoms with Crippen LogP contribution in [-0.2, 0) is 19.0 Å². The molecule has 10 heteroatoms. The Bertz CT molecular complexity index is 704. The van der Waals surface area contributed by atoms with Gasteiger partial charge in [0.25, 0.3) is 0 Å². The van der Waals surface area contributed by atoms with Crippen LogP contribution in [0.1, 0.15) is 39.0 Å². The van der Waals surface area contributed by atoms with E-state index in [-0.39, 0.29) is 37.2 Å². The topological polar surface area (TPSA) is 65.0 Å². The van der Waals surface area contributed by atoms with Gasteiger partial charge in [-0.3, -0.25) is 0 Å². The molecular weight excluding hydrogens is 391 g/mol. The molecule has 1 saturated heterocycles. The largest absolute Gasteiger partial charge is 0.456 e. The van der Waals surface area contributed by atoms with Crippen LogP contribution in [-0.4, -0.2) is 47.0 Å². The number of alkyl halides is 5. The summed E-state index contributed by atoms with van der Waals surface area (Å²) >= 11 is 0. The fourth-order valence-corrected chi connectivity index (χ4v) is 5.97. The molecule has 5 nitrogen and oxygen atoms in total. The fraction of sp³-hybridized carbons (Fsp3) is 0.833. The smallest absolute Gasteiger partial charge is 0.449 e. The van der Waals surface area contributed by atoms with Gasteiger partial charge in [-0.1, -0.05) is 6.58 Å². The normalized spacial score (nSPS) is 46.6. The van der Waals surface area contributed by atoms with Crippen molar-refractivity contribution in [1.29, 1.82) is 0 Å². The molecule has 28 heavy (non-hydrogen) atoms. The number of rotatable bonds is 2. The van der Waals surface area contributed by atoms with E-state index in [1.807, 2.05) is 0 Å². The Hall–Kier alpha value is -1.26. The fourth-order valence-electron chi connectivity index (χ4n) is 5.97. The second-order valence-electron chi connectivity index (χ2n) is 8.61. The summed E-state index contributed by atoms with van der Waals surface area (Å²) in [5.74, 6) is -12.1. The van der Waals surface area contributed by atoms with E-state index in [0.717, 1.165) is 0 Å². The van der Waals surface area contributed by atoms with Crippen molar-refractivity contribution in [3.8, 4) is 0 Å². The lowest BCUT2D eigenvalue weighted by Crippen LogP contribution is -2.81. The molecule has 5 rings (SSSR count). The van der Waals surface area contributed by atoms with E-state index in [9.17, 15) is 23.1 Å². The third kappa shape index (κ3) is 2.31. The lowest BCUT2D eigenvalue weighted by Gasteiger charge is -2.67. The van der Waals surface area contributed by atoms with Crippen molar-refractivity contribution in [3.05, 3.63) is 12.2 Å². The van der Waals surface area contributed by atoms with Gasteiger partial charge in [-0.2, -0.15) is 22.0 Å². The highest BCUT2D eigenvalue weighted by Gasteiger charge is 2.85. The lowest BCUT2D eigenvalue weighted by molar-refractivity contribution is -0.521. The molecule has 4 saturated carbocycles. The Morgan fingerprint density at radius 3 is 2.21 bits per heavy atom. The van der Waals surface area contributed by atoms with Gasteiger partial charge >= 0.3 is 23.9 Å². The molecule has 0 aromatic carbocycles. The molecule has 1 aliphatic heterocycles. The highest BCUT2D eigenvalue weighted by Crippen LogP contribution is 2.69. The van der Waals surface area contributed by atoms with Gasteiger partial charge in [0.2, 0.25) is 0 Å². The third-order valence-corrected chi connectivity index (χ3v) is 6.87. The van der Waals surface area contributed by atoms with Crippen molar-refractivity contribution in [1.82, 2.24) is 0 Å². The first-order valence-electron chi connectivity index (χ1n) is 9.12. The van der Waals surface area contributed by atoms with Crippen molar-refractivity contribution in [2.45, 2.75) is 68.1 Å². The Morgan fingerprint density at radius 1 is 1.14 bits per heavy atom. The molecule has 5 fully saturated rings. The number of halogens is 5. The summed E-state index contributed by atoms with van der Waals surface area (Å²) in [4.78, 5) is 12.0. The predicted octanol–water partition coefficient (Wildman–Crippen LogP) is 3.31. The van der Waals surface area contributed by atoms with E-state index in [2.05, 4.69) is 11.3 Å². The van der Waals surface area contributed by atoms with Crippen LogP contribution in [0.3, 0.4) is 0 Å². The predicted molar refractivity (Wildman–Crippen MR) is 82.9 cm³/mol. The Kier molecular flexibility index (Phi) is 4.05. The monoisotopic (exact) mass is 412 g/mol. The molecule has 0 aromatic heterocycles. The maximum Gasteiger partial charge on any atom is 0.449 e. The highest BCUT2D eigenvalue weighted by molar-refractivity contribution is 5.87. The first-order valence-corrected chi connectivity index (χ1v) is 9.12. The minimum absolute atomic E-state index is 0.0530. The van der Waals surface area contributed by atoms with E-state index in [4.69, 9.17) is 9.47 Å². The van der Waals surface area contributed by atoms with Gasteiger partial charge in [0.05, 0.1) is 0 Å². The summed E-state index contributed by atoms with van der Waals surface area (Å²) < 4.78 is 85.6. The number of hydrogen-bond acceptors (Lipinski definition) is 5. The zero-order chi connectivity index (χ0) is 20.8. The maximum absolute atomic E-state index is 15.3. The SMILES string of the molecule is C=C(C)C(=O)OC12CC3CC(C1)C1(OCOC(O)(C(F)(F)F)C1(F)F)C(C3)C2. The molecule has 1 N–H and O–H groups in total. The minimum Gasteiger partial charge on any atom is -0.456 e. The molecule has 4 bridgehead atoms. The number of esters is 1. The van der Waals surface area contributed by atoms with E-state index in [1.165, 1.54) is 6.92 Å². The van der Waals surface area contributed by atoms with Crippen molar-refractivity contribution < 1.29 is 46.1 Å². The van der Waals surface area contributed by atoms with Gasteiger partial charge in [0.1, 0.15) is 11.2 Å². The summed E-state index contributed by atoms with van der Waals surface area (Å²) in [7, 11) is 0. The minimum atomic E-state index is -5.70. The summed E-state index contributed by atoms with van der Waals surface area (Å²) in [5.41, 5.74) is -3.39. The quantitative estimate of drug-likeness (QED) is 0.428. The third-order valence-electron chi connectivity index (χ3n) is 6.87. The maximum atomic E-state index is 15.3. The molecule has 1 heterocycles. The van der Waals surface area contributed by atoms with E-state index < -0.39 is 53.7 Å². The van der Waals surface area contributed by atoms with Gasteiger partial charge in [-0.05, 0) is 56.8 Å². The second-order valence-corrected chi connectivity index (χ2v) is 8.61. The van der Waals surface area contributed by atoms with Crippen LogP contribution in [0.15, 0.2) is 12.2 Å². The molecule has 3 unspecified atom stereocenters. The van der Waals surface area contributed by atoms with Gasteiger partial charge in [-0.15, -0.1) is 0 Å². The summed E-state index contributed by atoms with van der Waals surface area (Å²) in [6, 6.07) is 0. The summed E-state index contributed by atoms with van der Waals surface area (Å²) in [6.07, 6.45) is -4.91. The van der Waals surface area contributed by atoms with Crippen LogP contribution in [0.5, 0.6) is 0 Å². The van der Waals surface area contributed by atoms with Crippen LogP contribution in [0.4, 0.5) is 22.0 Å². The van der Waals surface area contributed by atoms with Gasteiger partial charge in [0.15, 0.2) is 6.79 Å². The van der Waals surface area contributed by atoms with Gasteiger partial charge in [0, 0.05) is 5.57 Å². The Balaban J connectivity index is 1.73. The van der Waals surface area contributed by atoms with Crippen LogP contribution in [0.2, 0.25) is 0 Å². The zero-order valence-electron chi connectivity index (χ0n) is 15.2. The lowest BCUT2D eigenvalue weighted by atomic mass is 9.46. The Labute approximate surface area is 157 Å². The van der Waals surface area contributed by atoms with E-state index in [1.54, 1.807) is 0 Å². The number of carbonyl (C=O) groups is 1. The summed E-state index contributed by atoms with van der Waals surface area (Å²) in [6.45, 7) is 3.88. The van der Waals surface area contributed by atoms with Crippen LogP contribution < -0.4 is 0 Å². The molecule has 5 aliphatic rings. The number of carbonyl (C=O) groups excluding carboxylic acids is 1. The van der Waals surface area contributed by atoms with E-state index in [0.29, 0.717) is 6.42 Å². The standard InChI is InChI=1S/C18H21F5O5/c1-9(2)13(24)28-14-5-10-3-11(6-14)15(12(4-10)7-14)16(19,20)17(25,18(21,22)23)27-8-26-15/h10-12,25H,1,3-8H2,2H3. The molecule has 4 aliphatic carbocycles. The van der Waals surface area contributed by atoms with Crippen molar-refractivity contribution >= 4 is 5.97 Å². The molecule has 158 valence electrons. The summed E-state index contributed by atoms with van der Waals surface area (Å²) in [5, 5.41) is 9.89. The van der Waals surface area contributed by atoms with Crippen LogP contribution in [0, 0.1) is 17.8 Å². The average molecular weight is 412 g/mol. The van der Waals surface area contributed by atoms with Crippen molar-refractivity contribution in [2.75, 3.05) is 6.79 Å². The molecule has 0 amide bonds. The van der Waals surface area contributed by atoms with Gasteiger partial charge in [-0.25, -0.2) is 4.79 Å². The van der Waals surface area contributed by atoms with Crippen LogP contribution in [0.25, 0.3) is 0 Å². The van der Waals surface area contributed by atoms with E-state index >= 15 is 8.78 Å². The highest BCUT2D eigenvalue weighted by atomic mass is 19.4. The van der Waals surface area contributed by atoms with Crippen molar-refractivity contribution in [2.24, 2.45) is 17.8 Å². The number of hydrogen-bond donors (Lipinski definition) is 1. The van der Waals surface area contributed by atoms with Crippen LogP contribution >= 0.6 is 0 Å². The first kappa shape index (κ1) is 20.0. The first-order chi connectivity index (χ1) is 12.8. The molecule has 0 aromatic rings. The zero-order valence-corrected chi connectivity index (χ0v) is 15.2. The average Bonchev–Trinajstić information content (AvgIpc) is 2.53. The number of aliphatic hydroxyl groups is 1. The molecule has 3 atom stereocenters. The Morgan fingerprint density at radius 2 is 1.71 bits per heavy atom. The molecule has 1 spiro atoms. The second kappa shape index (κ2) is 5.66. The van der Waals surface area contributed by atoms with Gasteiger partial charge < -0.3 is 19.3 Å². The number of ether oxygens (including phenoxy) is 3. The molecule has 0 radical (unpaired) electrons. The molecular formula is C18H21F5O5.